The van der Waals surface area contributed by atoms with Crippen LogP contribution in [-0.4, -0.2) is 29.3 Å². The Bertz CT molecular complexity index is 598. The van der Waals surface area contributed by atoms with E-state index in [1.165, 1.54) is 6.07 Å². The van der Waals surface area contributed by atoms with Crippen molar-refractivity contribution in [2.45, 2.75) is 39.3 Å². The molecule has 0 aromatic heterocycles. The lowest BCUT2D eigenvalue weighted by atomic mass is 10.1. The first kappa shape index (κ1) is 13.1. The molecule has 2 heterocycles. The summed E-state index contributed by atoms with van der Waals surface area (Å²) in [5.41, 5.74) is 1.34. The van der Waals surface area contributed by atoms with Crippen LogP contribution in [0.15, 0.2) is 12.1 Å². The predicted molar refractivity (Wildman–Crippen MR) is 73.0 cm³/mol. The molecule has 4 nitrogen and oxygen atoms in total. The van der Waals surface area contributed by atoms with Gasteiger partial charge in [0.05, 0.1) is 0 Å². The summed E-state index contributed by atoms with van der Waals surface area (Å²) in [6.45, 7) is 4.73. The van der Waals surface area contributed by atoms with Gasteiger partial charge in [-0.1, -0.05) is 0 Å². The van der Waals surface area contributed by atoms with Gasteiger partial charge in [-0.2, -0.15) is 0 Å². The fourth-order valence-electron chi connectivity index (χ4n) is 2.86. The SMILES string of the molecule is CC(C)N1Cc2c(F)cc(N3CCCC3=O)cc2C1=O. The van der Waals surface area contributed by atoms with Crippen molar-refractivity contribution < 1.29 is 14.0 Å². The molecular formula is C15H17FN2O2. The summed E-state index contributed by atoms with van der Waals surface area (Å²) in [5.74, 6) is -0.549. The molecule has 2 amide bonds. The molecule has 2 aliphatic rings. The van der Waals surface area contributed by atoms with E-state index < -0.39 is 5.82 Å². The maximum Gasteiger partial charge on any atom is 0.254 e. The van der Waals surface area contributed by atoms with E-state index in [1.807, 2.05) is 13.8 Å². The zero-order chi connectivity index (χ0) is 14.4. The second kappa shape index (κ2) is 4.58. The van der Waals surface area contributed by atoms with Crippen LogP contribution < -0.4 is 4.90 Å². The number of anilines is 1. The summed E-state index contributed by atoms with van der Waals surface area (Å²) in [6.07, 6.45) is 1.27. The van der Waals surface area contributed by atoms with Crippen molar-refractivity contribution in [3.63, 3.8) is 0 Å². The topological polar surface area (TPSA) is 40.6 Å². The van der Waals surface area contributed by atoms with Gasteiger partial charge >= 0.3 is 0 Å². The highest BCUT2D eigenvalue weighted by Crippen LogP contribution is 2.32. The van der Waals surface area contributed by atoms with Gasteiger partial charge in [-0.25, -0.2) is 4.39 Å². The van der Waals surface area contributed by atoms with E-state index in [4.69, 9.17) is 0 Å². The summed E-state index contributed by atoms with van der Waals surface area (Å²) in [7, 11) is 0. The van der Waals surface area contributed by atoms with Gasteiger partial charge in [0.1, 0.15) is 5.82 Å². The Morgan fingerprint density at radius 2 is 2.00 bits per heavy atom. The number of benzene rings is 1. The maximum absolute atomic E-state index is 14.2. The van der Waals surface area contributed by atoms with Crippen LogP contribution in [0.5, 0.6) is 0 Å². The molecule has 0 unspecified atom stereocenters. The van der Waals surface area contributed by atoms with Crippen molar-refractivity contribution >= 4 is 17.5 Å². The molecule has 1 saturated heterocycles. The Balaban J connectivity index is 2.02. The van der Waals surface area contributed by atoms with E-state index in [0.29, 0.717) is 36.3 Å². The number of halogens is 1. The lowest BCUT2D eigenvalue weighted by Gasteiger charge is -2.19. The molecule has 2 aliphatic heterocycles. The maximum atomic E-state index is 14.2. The van der Waals surface area contributed by atoms with Crippen LogP contribution in [0.25, 0.3) is 0 Å². The van der Waals surface area contributed by atoms with Crippen molar-refractivity contribution in [3.05, 3.63) is 29.1 Å². The molecule has 0 N–H and O–H groups in total. The number of rotatable bonds is 2. The Kier molecular flexibility index (Phi) is 3.00. The first-order valence-electron chi connectivity index (χ1n) is 6.93. The van der Waals surface area contributed by atoms with Gasteiger partial charge in [0, 0.05) is 42.4 Å². The summed E-state index contributed by atoms with van der Waals surface area (Å²) in [5, 5.41) is 0. The Hall–Kier alpha value is -1.91. The minimum atomic E-state index is -0.395. The quantitative estimate of drug-likeness (QED) is 0.831. The smallest absolute Gasteiger partial charge is 0.254 e. The Morgan fingerprint density at radius 3 is 2.60 bits per heavy atom. The third-order valence-corrected chi connectivity index (χ3v) is 4.01. The Labute approximate surface area is 117 Å². The van der Waals surface area contributed by atoms with E-state index in [9.17, 15) is 14.0 Å². The molecule has 106 valence electrons. The fraction of sp³-hybridized carbons (Fsp3) is 0.467. The van der Waals surface area contributed by atoms with Gasteiger partial charge < -0.3 is 9.80 Å². The molecule has 0 spiro atoms. The van der Waals surface area contributed by atoms with Crippen LogP contribution in [0.2, 0.25) is 0 Å². The van der Waals surface area contributed by atoms with Crippen LogP contribution in [0.1, 0.15) is 42.6 Å². The molecule has 3 rings (SSSR count). The molecule has 0 bridgehead atoms. The number of fused-ring (bicyclic) bond motifs is 1. The minimum absolute atomic E-state index is 0.00416. The van der Waals surface area contributed by atoms with Crippen molar-refractivity contribution in [3.8, 4) is 0 Å². The van der Waals surface area contributed by atoms with Gasteiger partial charge in [0.25, 0.3) is 5.91 Å². The average Bonchev–Trinajstić information content (AvgIpc) is 2.94. The molecule has 0 aliphatic carbocycles. The zero-order valence-corrected chi connectivity index (χ0v) is 11.6. The first-order chi connectivity index (χ1) is 9.49. The van der Waals surface area contributed by atoms with Crippen LogP contribution in [-0.2, 0) is 11.3 Å². The van der Waals surface area contributed by atoms with Crippen LogP contribution in [0.3, 0.4) is 0 Å². The van der Waals surface area contributed by atoms with Crippen molar-refractivity contribution in [1.29, 1.82) is 0 Å². The summed E-state index contributed by atoms with van der Waals surface area (Å²) >= 11 is 0. The summed E-state index contributed by atoms with van der Waals surface area (Å²) in [4.78, 5) is 27.2. The highest BCUT2D eigenvalue weighted by Gasteiger charge is 2.33. The number of carbonyl (C=O) groups is 2. The number of carbonyl (C=O) groups excluding carboxylic acids is 2. The molecule has 0 radical (unpaired) electrons. The molecule has 20 heavy (non-hydrogen) atoms. The number of hydrogen-bond acceptors (Lipinski definition) is 2. The van der Waals surface area contributed by atoms with E-state index in [1.54, 1.807) is 15.9 Å². The second-order valence-electron chi connectivity index (χ2n) is 5.63. The lowest BCUT2D eigenvalue weighted by molar-refractivity contribution is -0.117. The molecule has 1 fully saturated rings. The molecule has 5 heteroatoms. The average molecular weight is 276 g/mol. The van der Waals surface area contributed by atoms with Crippen molar-refractivity contribution in [2.75, 3.05) is 11.4 Å². The highest BCUT2D eigenvalue weighted by molar-refractivity contribution is 6.01. The van der Waals surface area contributed by atoms with Gasteiger partial charge in [0.2, 0.25) is 5.91 Å². The third kappa shape index (κ3) is 1.88. The van der Waals surface area contributed by atoms with E-state index >= 15 is 0 Å². The first-order valence-corrected chi connectivity index (χ1v) is 6.93. The summed E-state index contributed by atoms with van der Waals surface area (Å²) in [6, 6.07) is 3.07. The molecule has 0 saturated carbocycles. The summed E-state index contributed by atoms with van der Waals surface area (Å²) < 4.78 is 14.2. The molecular weight excluding hydrogens is 259 g/mol. The van der Waals surface area contributed by atoms with E-state index in [-0.39, 0.29) is 17.9 Å². The number of hydrogen-bond donors (Lipinski definition) is 0. The molecule has 1 aromatic rings. The monoisotopic (exact) mass is 276 g/mol. The normalized spacial score (nSPS) is 18.4. The zero-order valence-electron chi connectivity index (χ0n) is 11.6. The number of amides is 2. The van der Waals surface area contributed by atoms with Crippen molar-refractivity contribution in [1.82, 2.24) is 4.90 Å². The number of nitrogens with zero attached hydrogens (tertiary/aromatic N) is 2. The molecule has 0 atom stereocenters. The predicted octanol–water partition coefficient (Wildman–Crippen LogP) is 2.32. The second-order valence-corrected chi connectivity index (χ2v) is 5.63. The van der Waals surface area contributed by atoms with Gasteiger partial charge in [-0.3, -0.25) is 9.59 Å². The van der Waals surface area contributed by atoms with E-state index in [2.05, 4.69) is 0 Å². The minimum Gasteiger partial charge on any atom is -0.332 e. The largest absolute Gasteiger partial charge is 0.332 e. The van der Waals surface area contributed by atoms with Gasteiger partial charge in [-0.15, -0.1) is 0 Å². The lowest BCUT2D eigenvalue weighted by Crippen LogP contribution is -2.30. The van der Waals surface area contributed by atoms with Crippen LogP contribution >= 0.6 is 0 Å². The standard InChI is InChI=1S/C15H17FN2O2/c1-9(2)18-8-12-11(15(18)20)6-10(7-13(12)16)17-5-3-4-14(17)19/h6-7,9H,3-5,8H2,1-2H3. The molecule has 1 aromatic carbocycles. The fourth-order valence-corrected chi connectivity index (χ4v) is 2.86. The third-order valence-electron chi connectivity index (χ3n) is 4.01. The van der Waals surface area contributed by atoms with Crippen molar-refractivity contribution in [2.24, 2.45) is 0 Å². The van der Waals surface area contributed by atoms with Gasteiger partial charge in [-0.05, 0) is 32.4 Å². The van der Waals surface area contributed by atoms with Crippen LogP contribution in [0.4, 0.5) is 10.1 Å². The highest BCUT2D eigenvalue weighted by atomic mass is 19.1. The van der Waals surface area contributed by atoms with Gasteiger partial charge in [0.15, 0.2) is 0 Å². The van der Waals surface area contributed by atoms with Crippen LogP contribution in [0, 0.1) is 5.82 Å². The Morgan fingerprint density at radius 1 is 1.25 bits per heavy atom. The van der Waals surface area contributed by atoms with E-state index in [0.717, 1.165) is 6.42 Å².